The molecule has 1 heterocycles. The Morgan fingerprint density at radius 1 is 1.17 bits per heavy atom. The molecule has 0 bridgehead atoms. The second kappa shape index (κ2) is 6.88. The molecule has 0 aliphatic carbocycles. The molecule has 2 N–H and O–H groups in total. The van der Waals surface area contributed by atoms with Gasteiger partial charge in [-0.2, -0.15) is 0 Å². The number of fused-ring (bicyclic) bond motifs is 1. The smallest absolute Gasteiger partial charge is 0.313 e. The van der Waals surface area contributed by atoms with E-state index in [0.29, 0.717) is 18.8 Å². The summed E-state index contributed by atoms with van der Waals surface area (Å²) >= 11 is 5.65. The number of carbonyl (C=O) groups excluding carboxylic acids is 2. The summed E-state index contributed by atoms with van der Waals surface area (Å²) in [4.78, 5) is 24.1. The molecule has 5 nitrogen and oxygen atoms in total. The normalized spacial score (nSPS) is 15.8. The van der Waals surface area contributed by atoms with Crippen LogP contribution in [0.25, 0.3) is 0 Å². The van der Waals surface area contributed by atoms with E-state index in [1.165, 1.54) is 12.1 Å². The molecule has 3 rings (SSSR count). The molecule has 0 unspecified atom stereocenters. The quantitative estimate of drug-likeness (QED) is 0.820. The first kappa shape index (κ1) is 16.3. The van der Waals surface area contributed by atoms with Crippen molar-refractivity contribution in [2.45, 2.75) is 12.5 Å². The largest absolute Gasteiger partial charge is 0.493 e. The number of benzene rings is 2. The fourth-order valence-corrected chi connectivity index (χ4v) is 2.64. The van der Waals surface area contributed by atoms with Crippen LogP contribution in [0.1, 0.15) is 18.0 Å². The Morgan fingerprint density at radius 2 is 1.96 bits per heavy atom. The van der Waals surface area contributed by atoms with E-state index in [1.807, 2.05) is 18.2 Å². The van der Waals surface area contributed by atoms with Crippen LogP contribution in [0.4, 0.5) is 10.1 Å². The van der Waals surface area contributed by atoms with Gasteiger partial charge >= 0.3 is 11.8 Å². The highest BCUT2D eigenvalue weighted by molar-refractivity contribution is 6.39. The SMILES string of the molecule is O=C(Nc1ccc(Cl)cc1F)C(=O)N[C@H]1CCOc2ccccc21. The van der Waals surface area contributed by atoms with Gasteiger partial charge in [-0.1, -0.05) is 29.8 Å². The number of amides is 2. The molecule has 2 amide bonds. The Bertz CT molecular complexity index is 797. The van der Waals surface area contributed by atoms with Crippen LogP contribution in [-0.4, -0.2) is 18.4 Å². The molecule has 1 aliphatic rings. The van der Waals surface area contributed by atoms with Gasteiger partial charge in [0.1, 0.15) is 11.6 Å². The minimum atomic E-state index is -0.944. The number of hydrogen-bond donors (Lipinski definition) is 2. The standard InChI is InChI=1S/C17H14ClFN2O3/c18-10-5-6-14(12(19)9-10)21-17(23)16(22)20-13-7-8-24-15-4-2-1-3-11(13)15/h1-6,9,13H,7-8H2,(H,20,22)(H,21,23)/t13-/m0/s1. The van der Waals surface area contributed by atoms with Gasteiger partial charge in [0.2, 0.25) is 0 Å². The van der Waals surface area contributed by atoms with Gasteiger partial charge in [0.05, 0.1) is 18.3 Å². The summed E-state index contributed by atoms with van der Waals surface area (Å²) in [5, 5.41) is 5.08. The molecule has 7 heteroatoms. The predicted molar refractivity (Wildman–Crippen MR) is 87.5 cm³/mol. The number of carbonyl (C=O) groups is 2. The molecule has 0 saturated carbocycles. The maximum absolute atomic E-state index is 13.7. The Balaban J connectivity index is 1.68. The molecular weight excluding hydrogens is 335 g/mol. The lowest BCUT2D eigenvalue weighted by Gasteiger charge is -2.26. The molecule has 0 spiro atoms. The average molecular weight is 349 g/mol. The highest BCUT2D eigenvalue weighted by Gasteiger charge is 2.25. The lowest BCUT2D eigenvalue weighted by molar-refractivity contribution is -0.136. The van der Waals surface area contributed by atoms with Crippen molar-refractivity contribution in [3.8, 4) is 5.75 Å². The number of rotatable bonds is 2. The first-order valence-corrected chi connectivity index (χ1v) is 7.71. The molecule has 24 heavy (non-hydrogen) atoms. The van der Waals surface area contributed by atoms with E-state index < -0.39 is 17.6 Å². The second-order valence-corrected chi connectivity index (χ2v) is 5.72. The predicted octanol–water partition coefficient (Wildman–Crippen LogP) is 3.06. The van der Waals surface area contributed by atoms with Crippen LogP contribution in [0.2, 0.25) is 5.02 Å². The van der Waals surface area contributed by atoms with E-state index >= 15 is 0 Å². The minimum Gasteiger partial charge on any atom is -0.493 e. The number of anilines is 1. The van der Waals surface area contributed by atoms with E-state index in [0.717, 1.165) is 11.6 Å². The molecule has 1 atom stereocenters. The topological polar surface area (TPSA) is 67.4 Å². The fourth-order valence-electron chi connectivity index (χ4n) is 2.49. The van der Waals surface area contributed by atoms with Crippen molar-refractivity contribution in [3.05, 3.63) is 58.9 Å². The average Bonchev–Trinajstić information content (AvgIpc) is 2.57. The van der Waals surface area contributed by atoms with Gasteiger partial charge in [0.25, 0.3) is 0 Å². The summed E-state index contributed by atoms with van der Waals surface area (Å²) in [6, 6.07) is 10.7. The Morgan fingerprint density at radius 3 is 2.75 bits per heavy atom. The van der Waals surface area contributed by atoms with E-state index in [4.69, 9.17) is 16.3 Å². The van der Waals surface area contributed by atoms with Crippen LogP contribution in [0.5, 0.6) is 5.75 Å². The molecule has 2 aromatic rings. The third-order valence-electron chi connectivity index (χ3n) is 3.65. The number of halogens is 2. The van der Waals surface area contributed by atoms with Crippen LogP contribution < -0.4 is 15.4 Å². The van der Waals surface area contributed by atoms with Gasteiger partial charge in [-0.15, -0.1) is 0 Å². The molecule has 0 saturated heterocycles. The van der Waals surface area contributed by atoms with Crippen molar-refractivity contribution in [1.82, 2.24) is 5.32 Å². The number of ether oxygens (including phenoxy) is 1. The van der Waals surface area contributed by atoms with Gasteiger partial charge in [-0.25, -0.2) is 4.39 Å². The van der Waals surface area contributed by atoms with Crippen LogP contribution in [0.3, 0.4) is 0 Å². The van der Waals surface area contributed by atoms with E-state index in [9.17, 15) is 14.0 Å². The lowest BCUT2D eigenvalue weighted by atomic mass is 10.0. The molecule has 0 radical (unpaired) electrons. The zero-order chi connectivity index (χ0) is 17.1. The first-order chi connectivity index (χ1) is 11.5. The third kappa shape index (κ3) is 3.49. The van der Waals surface area contributed by atoms with E-state index in [1.54, 1.807) is 6.07 Å². The van der Waals surface area contributed by atoms with Gasteiger partial charge in [0.15, 0.2) is 0 Å². The summed E-state index contributed by atoms with van der Waals surface area (Å²) in [6.07, 6.45) is 0.547. The maximum atomic E-state index is 13.7. The number of para-hydroxylation sites is 1. The van der Waals surface area contributed by atoms with Gasteiger partial charge in [0, 0.05) is 17.0 Å². The molecule has 1 aliphatic heterocycles. The first-order valence-electron chi connectivity index (χ1n) is 7.33. The zero-order valence-electron chi connectivity index (χ0n) is 12.5. The summed E-state index contributed by atoms with van der Waals surface area (Å²) in [7, 11) is 0. The van der Waals surface area contributed by atoms with Crippen LogP contribution in [-0.2, 0) is 9.59 Å². The monoisotopic (exact) mass is 348 g/mol. The highest BCUT2D eigenvalue weighted by Crippen LogP contribution is 2.31. The van der Waals surface area contributed by atoms with Crippen molar-refractivity contribution in [2.24, 2.45) is 0 Å². The van der Waals surface area contributed by atoms with Gasteiger partial charge in [-0.3, -0.25) is 9.59 Å². The zero-order valence-corrected chi connectivity index (χ0v) is 13.3. The van der Waals surface area contributed by atoms with Crippen LogP contribution >= 0.6 is 11.6 Å². The van der Waals surface area contributed by atoms with E-state index in [2.05, 4.69) is 10.6 Å². The maximum Gasteiger partial charge on any atom is 0.313 e. The summed E-state index contributed by atoms with van der Waals surface area (Å²) in [5.74, 6) is -1.82. The summed E-state index contributed by atoms with van der Waals surface area (Å²) in [6.45, 7) is 0.440. The van der Waals surface area contributed by atoms with Crippen molar-refractivity contribution >= 4 is 29.1 Å². The minimum absolute atomic E-state index is 0.105. The summed E-state index contributed by atoms with van der Waals surface area (Å²) in [5.41, 5.74) is 0.703. The van der Waals surface area contributed by atoms with E-state index in [-0.39, 0.29) is 16.8 Å². The second-order valence-electron chi connectivity index (χ2n) is 5.28. The van der Waals surface area contributed by atoms with Gasteiger partial charge in [-0.05, 0) is 24.3 Å². The lowest BCUT2D eigenvalue weighted by Crippen LogP contribution is -2.39. The molecular formula is C17H14ClFN2O3. The Kier molecular flexibility index (Phi) is 4.66. The molecule has 124 valence electrons. The highest BCUT2D eigenvalue weighted by atomic mass is 35.5. The Labute approximate surface area is 142 Å². The number of nitrogens with one attached hydrogen (secondary N) is 2. The van der Waals surface area contributed by atoms with Crippen molar-refractivity contribution in [1.29, 1.82) is 0 Å². The Hall–Kier alpha value is -2.60. The molecule has 0 fully saturated rings. The summed E-state index contributed by atoms with van der Waals surface area (Å²) < 4.78 is 19.2. The van der Waals surface area contributed by atoms with Crippen molar-refractivity contribution in [2.75, 3.05) is 11.9 Å². The third-order valence-corrected chi connectivity index (χ3v) is 3.88. The van der Waals surface area contributed by atoms with Crippen molar-refractivity contribution in [3.63, 3.8) is 0 Å². The van der Waals surface area contributed by atoms with Crippen LogP contribution in [0.15, 0.2) is 42.5 Å². The fraction of sp³-hybridized carbons (Fsp3) is 0.176. The number of hydrogen-bond acceptors (Lipinski definition) is 3. The molecule has 0 aromatic heterocycles. The molecule has 2 aromatic carbocycles. The van der Waals surface area contributed by atoms with Crippen LogP contribution in [0, 0.1) is 5.82 Å². The van der Waals surface area contributed by atoms with Gasteiger partial charge < -0.3 is 15.4 Å². The van der Waals surface area contributed by atoms with Crippen molar-refractivity contribution < 1.29 is 18.7 Å².